The minimum Gasteiger partial charge on any atom is -0.339 e. The Bertz CT molecular complexity index is 891. The van der Waals surface area contributed by atoms with E-state index in [1.807, 2.05) is 6.07 Å². The van der Waals surface area contributed by atoms with Crippen LogP contribution in [0.25, 0.3) is 0 Å². The van der Waals surface area contributed by atoms with Crippen LogP contribution in [-0.2, 0) is 36.1 Å². The van der Waals surface area contributed by atoms with Crippen LogP contribution < -0.4 is 5.32 Å². The standard InChI is InChI=1S/C20H24N4O3/c1-3-4-8-17-21-16(23-27-17)12-24-18(25)20(2,22-19(24)26)15-10-9-13-6-5-7-14(13)11-15/h9-11H,3-8,12H2,1-2H3,(H,22,26). The number of fused-ring (bicyclic) bond motifs is 1. The van der Waals surface area contributed by atoms with Crippen LogP contribution in [-0.4, -0.2) is 27.0 Å². The molecule has 27 heavy (non-hydrogen) atoms. The van der Waals surface area contributed by atoms with Gasteiger partial charge in [0.05, 0.1) is 6.54 Å². The number of aryl methyl sites for hydroxylation is 3. The summed E-state index contributed by atoms with van der Waals surface area (Å²) in [5, 5.41) is 6.76. The van der Waals surface area contributed by atoms with E-state index in [0.717, 1.165) is 37.7 Å². The summed E-state index contributed by atoms with van der Waals surface area (Å²) < 4.78 is 5.20. The number of rotatable bonds is 6. The maximum absolute atomic E-state index is 13.1. The van der Waals surface area contributed by atoms with Gasteiger partial charge in [-0.25, -0.2) is 4.79 Å². The van der Waals surface area contributed by atoms with Crippen molar-refractivity contribution in [3.8, 4) is 0 Å². The fraction of sp³-hybridized carbons (Fsp3) is 0.500. The number of hydrogen-bond acceptors (Lipinski definition) is 5. The molecule has 142 valence electrons. The second-order valence-corrected chi connectivity index (χ2v) is 7.49. The summed E-state index contributed by atoms with van der Waals surface area (Å²) in [6.07, 6.45) is 5.94. The first-order valence-electron chi connectivity index (χ1n) is 9.59. The van der Waals surface area contributed by atoms with Gasteiger partial charge in [-0.1, -0.05) is 36.7 Å². The molecule has 1 fully saturated rings. The molecule has 1 aliphatic carbocycles. The first kappa shape index (κ1) is 17.7. The summed E-state index contributed by atoms with van der Waals surface area (Å²) in [5.41, 5.74) is 2.36. The number of unbranched alkanes of at least 4 members (excludes halogenated alkanes) is 1. The van der Waals surface area contributed by atoms with Crippen LogP contribution in [0, 0.1) is 0 Å². The molecule has 1 aromatic carbocycles. The number of nitrogens with zero attached hydrogens (tertiary/aromatic N) is 3. The highest BCUT2D eigenvalue weighted by atomic mass is 16.5. The Morgan fingerprint density at radius 2 is 2.07 bits per heavy atom. The van der Waals surface area contributed by atoms with Crippen LogP contribution in [0.3, 0.4) is 0 Å². The molecule has 0 radical (unpaired) electrons. The lowest BCUT2D eigenvalue weighted by Gasteiger charge is -2.23. The van der Waals surface area contributed by atoms with Crippen LogP contribution in [0.4, 0.5) is 4.79 Å². The van der Waals surface area contributed by atoms with Crippen molar-refractivity contribution in [3.63, 3.8) is 0 Å². The van der Waals surface area contributed by atoms with Crippen molar-refractivity contribution in [1.82, 2.24) is 20.4 Å². The van der Waals surface area contributed by atoms with E-state index in [0.29, 0.717) is 18.1 Å². The Hall–Kier alpha value is -2.70. The molecule has 3 amide bonds. The second-order valence-electron chi connectivity index (χ2n) is 7.49. The van der Waals surface area contributed by atoms with Gasteiger partial charge in [0.2, 0.25) is 5.89 Å². The second kappa shape index (κ2) is 6.79. The van der Waals surface area contributed by atoms with Gasteiger partial charge in [0.1, 0.15) is 5.54 Å². The third-order valence-electron chi connectivity index (χ3n) is 5.50. The lowest BCUT2D eigenvalue weighted by molar-refractivity contribution is -0.131. The number of nitrogens with one attached hydrogen (secondary N) is 1. The molecule has 1 N–H and O–H groups in total. The smallest absolute Gasteiger partial charge is 0.325 e. The van der Waals surface area contributed by atoms with Crippen molar-refractivity contribution in [2.24, 2.45) is 0 Å². The number of benzene rings is 1. The predicted molar refractivity (Wildman–Crippen MR) is 97.8 cm³/mol. The van der Waals surface area contributed by atoms with Gasteiger partial charge in [0, 0.05) is 6.42 Å². The number of amides is 3. The van der Waals surface area contributed by atoms with Crippen LogP contribution in [0.15, 0.2) is 22.7 Å². The SMILES string of the molecule is CCCCc1nc(CN2C(=O)NC(C)(c3ccc4c(c3)CCC4)C2=O)no1. The number of hydrogen-bond donors (Lipinski definition) is 1. The van der Waals surface area contributed by atoms with E-state index in [1.165, 1.54) is 16.0 Å². The van der Waals surface area contributed by atoms with Gasteiger partial charge in [0.15, 0.2) is 5.82 Å². The third-order valence-corrected chi connectivity index (χ3v) is 5.50. The number of urea groups is 1. The van der Waals surface area contributed by atoms with E-state index in [-0.39, 0.29) is 12.5 Å². The summed E-state index contributed by atoms with van der Waals surface area (Å²) >= 11 is 0. The fourth-order valence-corrected chi connectivity index (χ4v) is 3.84. The minimum absolute atomic E-state index is 0.0147. The predicted octanol–water partition coefficient (Wildman–Crippen LogP) is 2.87. The summed E-state index contributed by atoms with van der Waals surface area (Å²) in [6, 6.07) is 5.65. The van der Waals surface area contributed by atoms with Crippen LogP contribution >= 0.6 is 0 Å². The molecular formula is C20H24N4O3. The van der Waals surface area contributed by atoms with E-state index in [2.05, 4.69) is 34.5 Å². The molecule has 1 unspecified atom stereocenters. The monoisotopic (exact) mass is 368 g/mol. The number of carbonyl (C=O) groups excluding carboxylic acids is 2. The van der Waals surface area contributed by atoms with Crippen molar-refractivity contribution >= 4 is 11.9 Å². The number of aromatic nitrogens is 2. The molecule has 2 heterocycles. The molecular weight excluding hydrogens is 344 g/mol. The molecule has 0 spiro atoms. The van der Waals surface area contributed by atoms with Crippen LogP contribution in [0.5, 0.6) is 0 Å². The molecule has 1 aromatic heterocycles. The molecule has 4 rings (SSSR count). The van der Waals surface area contributed by atoms with Crippen molar-refractivity contribution in [3.05, 3.63) is 46.6 Å². The van der Waals surface area contributed by atoms with E-state index < -0.39 is 11.6 Å². The van der Waals surface area contributed by atoms with E-state index in [4.69, 9.17) is 4.52 Å². The molecule has 7 nitrogen and oxygen atoms in total. The summed E-state index contributed by atoms with van der Waals surface area (Å²) in [7, 11) is 0. The van der Waals surface area contributed by atoms with Gasteiger partial charge in [-0.3, -0.25) is 9.69 Å². The van der Waals surface area contributed by atoms with Crippen molar-refractivity contribution in [2.45, 2.75) is 64.5 Å². The molecule has 1 atom stereocenters. The third kappa shape index (κ3) is 3.11. The van der Waals surface area contributed by atoms with Crippen molar-refractivity contribution < 1.29 is 14.1 Å². The highest BCUT2D eigenvalue weighted by Gasteiger charge is 2.49. The van der Waals surface area contributed by atoms with E-state index in [1.54, 1.807) is 6.92 Å². The average Bonchev–Trinajstić information content (AvgIpc) is 3.35. The van der Waals surface area contributed by atoms with Gasteiger partial charge in [-0.15, -0.1) is 0 Å². The Morgan fingerprint density at radius 3 is 2.89 bits per heavy atom. The average molecular weight is 368 g/mol. The summed E-state index contributed by atoms with van der Waals surface area (Å²) in [6.45, 7) is 3.86. The van der Waals surface area contributed by atoms with Gasteiger partial charge < -0.3 is 9.84 Å². The molecule has 1 aliphatic heterocycles. The van der Waals surface area contributed by atoms with Crippen LogP contribution in [0.1, 0.15) is 61.5 Å². The van der Waals surface area contributed by atoms with Gasteiger partial charge in [-0.2, -0.15) is 4.98 Å². The maximum atomic E-state index is 13.1. The summed E-state index contributed by atoms with van der Waals surface area (Å²) in [5.74, 6) is 0.605. The normalized spacial score (nSPS) is 21.6. The lowest BCUT2D eigenvalue weighted by Crippen LogP contribution is -2.41. The van der Waals surface area contributed by atoms with Crippen molar-refractivity contribution in [1.29, 1.82) is 0 Å². The first-order valence-corrected chi connectivity index (χ1v) is 9.59. The van der Waals surface area contributed by atoms with Crippen LogP contribution in [0.2, 0.25) is 0 Å². The van der Waals surface area contributed by atoms with Crippen molar-refractivity contribution in [2.75, 3.05) is 0 Å². The molecule has 1 saturated heterocycles. The number of imide groups is 1. The van der Waals surface area contributed by atoms with Gasteiger partial charge >= 0.3 is 6.03 Å². The summed E-state index contributed by atoms with van der Waals surface area (Å²) in [4.78, 5) is 31.0. The topological polar surface area (TPSA) is 88.3 Å². The highest BCUT2D eigenvalue weighted by Crippen LogP contribution is 2.33. The Morgan fingerprint density at radius 1 is 1.26 bits per heavy atom. The maximum Gasteiger partial charge on any atom is 0.325 e. The lowest BCUT2D eigenvalue weighted by atomic mass is 9.89. The zero-order chi connectivity index (χ0) is 19.0. The minimum atomic E-state index is -1.07. The van der Waals surface area contributed by atoms with E-state index >= 15 is 0 Å². The number of carbonyl (C=O) groups is 2. The first-order chi connectivity index (χ1) is 13.0. The molecule has 2 aromatic rings. The highest BCUT2D eigenvalue weighted by molar-refractivity contribution is 6.07. The Labute approximate surface area is 158 Å². The zero-order valence-corrected chi connectivity index (χ0v) is 15.7. The largest absolute Gasteiger partial charge is 0.339 e. The molecule has 2 aliphatic rings. The molecule has 0 bridgehead atoms. The molecule has 0 saturated carbocycles. The zero-order valence-electron chi connectivity index (χ0n) is 15.7. The quantitative estimate of drug-likeness (QED) is 0.792. The van der Waals surface area contributed by atoms with E-state index in [9.17, 15) is 9.59 Å². The Balaban J connectivity index is 1.53. The van der Waals surface area contributed by atoms with Gasteiger partial charge in [-0.05, 0) is 49.3 Å². The molecule has 7 heteroatoms. The Kier molecular flexibility index (Phi) is 4.45. The fourth-order valence-electron chi connectivity index (χ4n) is 3.84. The van der Waals surface area contributed by atoms with Gasteiger partial charge in [0.25, 0.3) is 5.91 Å².